The van der Waals surface area contributed by atoms with Gasteiger partial charge in [0.1, 0.15) is 6.04 Å². The van der Waals surface area contributed by atoms with Crippen LogP contribution in [0.25, 0.3) is 0 Å². The van der Waals surface area contributed by atoms with Crippen molar-refractivity contribution in [3.8, 4) is 0 Å². The number of anilines is 2. The minimum Gasteiger partial charge on any atom is -0.324 e. The van der Waals surface area contributed by atoms with Gasteiger partial charge < -0.3 is 5.32 Å². The van der Waals surface area contributed by atoms with E-state index >= 15 is 0 Å². The minimum atomic E-state index is -3.35. The zero-order chi connectivity index (χ0) is 20.6. The molecular weight excluding hydrogens is 376 g/mol. The molecule has 1 aromatic heterocycles. The van der Waals surface area contributed by atoms with Crippen LogP contribution in [0.5, 0.6) is 0 Å². The number of nitrogens with one attached hydrogen (secondary N) is 1. The quantitative estimate of drug-likeness (QED) is 0.830. The van der Waals surface area contributed by atoms with Crippen molar-refractivity contribution in [3.05, 3.63) is 41.2 Å². The number of aryl methyl sites for hydroxylation is 3. The van der Waals surface area contributed by atoms with Crippen LogP contribution >= 0.6 is 0 Å². The van der Waals surface area contributed by atoms with Gasteiger partial charge in [0.05, 0.1) is 17.6 Å². The molecule has 2 aromatic rings. The summed E-state index contributed by atoms with van der Waals surface area (Å²) in [4.78, 5) is 13.1. The average Bonchev–Trinajstić information content (AvgIpc) is 2.91. The van der Waals surface area contributed by atoms with E-state index in [1.807, 2.05) is 45.9 Å². The maximum atomic E-state index is 13.1. The van der Waals surface area contributed by atoms with Gasteiger partial charge in [-0.15, -0.1) is 0 Å². The molecule has 8 heteroatoms. The van der Waals surface area contributed by atoms with Gasteiger partial charge in [0.15, 0.2) is 0 Å². The molecule has 0 saturated carbocycles. The molecule has 152 valence electrons. The van der Waals surface area contributed by atoms with Crippen LogP contribution in [0.4, 0.5) is 11.4 Å². The van der Waals surface area contributed by atoms with E-state index in [1.165, 1.54) is 10.6 Å². The lowest BCUT2D eigenvalue weighted by molar-refractivity contribution is -0.120. The topological polar surface area (TPSA) is 84.3 Å². The first-order chi connectivity index (χ1) is 13.1. The molecule has 1 aliphatic heterocycles. The lowest BCUT2D eigenvalue weighted by Crippen LogP contribution is -2.35. The number of hydrogen-bond donors (Lipinski definition) is 1. The van der Waals surface area contributed by atoms with Crippen molar-refractivity contribution in [2.45, 2.75) is 46.6 Å². The fraction of sp³-hybridized carbons (Fsp3) is 0.500. The smallest absolute Gasteiger partial charge is 0.249 e. The molecular formula is C20H28N4O3S. The van der Waals surface area contributed by atoms with E-state index in [1.54, 1.807) is 10.7 Å². The number of hydrogen-bond acceptors (Lipinski definition) is 4. The van der Waals surface area contributed by atoms with Crippen LogP contribution in [0.1, 0.15) is 43.3 Å². The number of nitrogens with zero attached hydrogens (tertiary/aromatic N) is 3. The van der Waals surface area contributed by atoms with Crippen LogP contribution in [0.2, 0.25) is 0 Å². The molecule has 0 saturated heterocycles. The van der Waals surface area contributed by atoms with Crippen LogP contribution in [0, 0.1) is 19.8 Å². The number of fused-ring (bicyclic) bond motifs is 1. The SMILES string of the molecule is Cc1cc(C)n([C@@H](C(=O)Nc2ccc3c(c2)N(S(C)(=O)=O)CCC3)C(C)C)n1. The summed E-state index contributed by atoms with van der Waals surface area (Å²) in [5, 5.41) is 7.44. The summed E-state index contributed by atoms with van der Waals surface area (Å²) in [6, 6.07) is 6.99. The maximum Gasteiger partial charge on any atom is 0.249 e. The van der Waals surface area contributed by atoms with Gasteiger partial charge in [0.2, 0.25) is 15.9 Å². The van der Waals surface area contributed by atoms with E-state index < -0.39 is 16.1 Å². The summed E-state index contributed by atoms with van der Waals surface area (Å²) in [5.74, 6) is -0.119. The Bertz CT molecular complexity index is 995. The second-order valence-corrected chi connectivity index (χ2v) is 9.74. The number of aromatic nitrogens is 2. The third-order valence-corrected chi connectivity index (χ3v) is 6.22. The van der Waals surface area contributed by atoms with Gasteiger partial charge in [-0.3, -0.25) is 13.8 Å². The van der Waals surface area contributed by atoms with E-state index in [-0.39, 0.29) is 11.8 Å². The van der Waals surface area contributed by atoms with Crippen LogP contribution in [0.3, 0.4) is 0 Å². The highest BCUT2D eigenvalue weighted by Gasteiger charge is 2.28. The van der Waals surface area contributed by atoms with Crippen molar-refractivity contribution < 1.29 is 13.2 Å². The zero-order valence-corrected chi connectivity index (χ0v) is 17.9. The second kappa shape index (κ2) is 7.58. The van der Waals surface area contributed by atoms with Crippen molar-refractivity contribution in [1.29, 1.82) is 0 Å². The molecule has 3 rings (SSSR count). The van der Waals surface area contributed by atoms with Crippen LogP contribution in [0.15, 0.2) is 24.3 Å². The number of carbonyl (C=O) groups excluding carboxylic acids is 1. The van der Waals surface area contributed by atoms with E-state index in [0.29, 0.717) is 17.9 Å². The summed E-state index contributed by atoms with van der Waals surface area (Å²) in [6.45, 7) is 8.27. The van der Waals surface area contributed by atoms with Crippen molar-refractivity contribution in [3.63, 3.8) is 0 Å². The lowest BCUT2D eigenvalue weighted by Gasteiger charge is -2.30. The van der Waals surface area contributed by atoms with Crippen LogP contribution in [-0.2, 0) is 21.2 Å². The van der Waals surface area contributed by atoms with Crippen molar-refractivity contribution in [1.82, 2.24) is 9.78 Å². The lowest BCUT2D eigenvalue weighted by atomic mass is 10.0. The Morgan fingerprint density at radius 2 is 1.93 bits per heavy atom. The molecule has 1 amide bonds. The third kappa shape index (κ3) is 4.06. The van der Waals surface area contributed by atoms with Gasteiger partial charge in [-0.05, 0) is 56.4 Å². The Hall–Kier alpha value is -2.35. The molecule has 0 radical (unpaired) electrons. The third-order valence-electron chi connectivity index (χ3n) is 5.04. The number of carbonyl (C=O) groups is 1. The van der Waals surface area contributed by atoms with Crippen molar-refractivity contribution in [2.24, 2.45) is 5.92 Å². The molecule has 0 unspecified atom stereocenters. The molecule has 1 aromatic carbocycles. The molecule has 28 heavy (non-hydrogen) atoms. The summed E-state index contributed by atoms with van der Waals surface area (Å²) < 4.78 is 27.4. The number of amides is 1. The fourth-order valence-corrected chi connectivity index (χ4v) is 4.79. The predicted octanol–water partition coefficient (Wildman–Crippen LogP) is 3.05. The molecule has 0 spiro atoms. The maximum absolute atomic E-state index is 13.1. The highest BCUT2D eigenvalue weighted by molar-refractivity contribution is 7.92. The van der Waals surface area contributed by atoms with Gasteiger partial charge in [0, 0.05) is 17.9 Å². The predicted molar refractivity (Wildman–Crippen MR) is 111 cm³/mol. The number of benzene rings is 1. The highest BCUT2D eigenvalue weighted by atomic mass is 32.2. The molecule has 2 heterocycles. The summed E-state index contributed by atoms with van der Waals surface area (Å²) in [7, 11) is -3.35. The molecule has 1 aliphatic rings. The van der Waals surface area contributed by atoms with Gasteiger partial charge in [0.25, 0.3) is 0 Å². The van der Waals surface area contributed by atoms with Crippen LogP contribution < -0.4 is 9.62 Å². The van der Waals surface area contributed by atoms with Gasteiger partial charge >= 0.3 is 0 Å². The average molecular weight is 405 g/mol. The summed E-state index contributed by atoms with van der Waals surface area (Å²) in [6.07, 6.45) is 2.83. The van der Waals surface area contributed by atoms with Crippen molar-refractivity contribution in [2.75, 3.05) is 22.4 Å². The Morgan fingerprint density at radius 3 is 2.50 bits per heavy atom. The van der Waals surface area contributed by atoms with Gasteiger partial charge in [-0.25, -0.2) is 8.42 Å². The van der Waals surface area contributed by atoms with E-state index in [2.05, 4.69) is 10.4 Å². The standard InChI is InChI=1S/C20H28N4O3S/c1-13(2)19(24-15(4)11-14(3)22-24)20(25)21-17-9-8-16-7-6-10-23(18(16)12-17)28(5,26)27/h8-9,11-13,19H,6-7,10H2,1-5H3,(H,21,25)/t19-/m1/s1. The number of sulfonamides is 1. The molecule has 0 bridgehead atoms. The second-order valence-electron chi connectivity index (χ2n) is 7.83. The van der Waals surface area contributed by atoms with Gasteiger partial charge in [-0.1, -0.05) is 19.9 Å². The first-order valence-corrected chi connectivity index (χ1v) is 11.4. The normalized spacial score (nSPS) is 15.4. The number of rotatable bonds is 5. The largest absolute Gasteiger partial charge is 0.324 e. The highest BCUT2D eigenvalue weighted by Crippen LogP contribution is 2.32. The van der Waals surface area contributed by atoms with E-state index in [9.17, 15) is 13.2 Å². The molecule has 0 fully saturated rings. The molecule has 1 N–H and O–H groups in total. The Balaban J connectivity index is 1.90. The Morgan fingerprint density at radius 1 is 1.21 bits per heavy atom. The van der Waals surface area contributed by atoms with E-state index in [0.717, 1.165) is 29.8 Å². The first kappa shape index (κ1) is 20.4. The van der Waals surface area contributed by atoms with Crippen molar-refractivity contribution >= 4 is 27.3 Å². The fourth-order valence-electron chi connectivity index (χ4n) is 3.80. The molecule has 0 aliphatic carbocycles. The summed E-state index contributed by atoms with van der Waals surface area (Å²) in [5.41, 5.74) is 4.02. The zero-order valence-electron chi connectivity index (χ0n) is 17.1. The minimum absolute atomic E-state index is 0.0446. The summed E-state index contributed by atoms with van der Waals surface area (Å²) >= 11 is 0. The monoisotopic (exact) mass is 404 g/mol. The first-order valence-electron chi connectivity index (χ1n) is 9.52. The van der Waals surface area contributed by atoms with E-state index in [4.69, 9.17) is 0 Å². The Labute approximate surface area is 166 Å². The molecule has 7 nitrogen and oxygen atoms in total. The Kier molecular flexibility index (Phi) is 5.52. The molecule has 1 atom stereocenters. The van der Waals surface area contributed by atoms with Crippen LogP contribution in [-0.4, -0.2) is 36.9 Å². The van der Waals surface area contributed by atoms with Gasteiger partial charge in [-0.2, -0.15) is 5.10 Å².